The topological polar surface area (TPSA) is 108 Å². The van der Waals surface area contributed by atoms with Gasteiger partial charge in [0.15, 0.2) is 0 Å². The molecule has 0 spiro atoms. The summed E-state index contributed by atoms with van der Waals surface area (Å²) in [4.78, 5) is 52.6. The van der Waals surface area contributed by atoms with Crippen molar-refractivity contribution in [2.75, 3.05) is 16.8 Å². The van der Waals surface area contributed by atoms with E-state index in [1.165, 1.54) is 22.0 Å². The fraction of sp³-hybridized carbons (Fsp3) is 0.148. The number of amides is 3. The average molecular weight is 517 g/mol. The second kappa shape index (κ2) is 11.4. The van der Waals surface area contributed by atoms with Gasteiger partial charge in [-0.1, -0.05) is 36.4 Å². The number of hydrogen-bond acceptors (Lipinski definition) is 6. The molecule has 37 heavy (non-hydrogen) atoms. The van der Waals surface area contributed by atoms with Crippen LogP contribution in [0.5, 0.6) is 0 Å². The highest BCUT2D eigenvalue weighted by Gasteiger charge is 2.42. The van der Waals surface area contributed by atoms with Gasteiger partial charge in [0.05, 0.1) is 24.3 Å². The number of nitrogens with zero attached hydrogens (tertiary/aromatic N) is 2. The van der Waals surface area contributed by atoms with E-state index in [4.69, 9.17) is 17.0 Å². The van der Waals surface area contributed by atoms with E-state index in [0.29, 0.717) is 22.5 Å². The van der Waals surface area contributed by atoms with Crippen LogP contribution < -0.4 is 15.6 Å². The van der Waals surface area contributed by atoms with Crippen LogP contribution >= 0.6 is 12.2 Å². The summed E-state index contributed by atoms with van der Waals surface area (Å²) in [6.45, 7) is 1.96. The maximum atomic E-state index is 13.3. The Labute approximate surface area is 219 Å². The van der Waals surface area contributed by atoms with Crippen molar-refractivity contribution in [1.82, 2.24) is 10.4 Å². The SMILES string of the molecule is CCOC(=O)c1ccc(NC(=O)C2CC(=O)N(c3ccccc3)C(=S)N2NC(=O)c2ccccc2)cc1. The Hall–Kier alpha value is -4.57. The zero-order chi connectivity index (χ0) is 26.4. The Morgan fingerprint density at radius 1 is 0.919 bits per heavy atom. The molecule has 1 atom stereocenters. The Morgan fingerprint density at radius 3 is 2.16 bits per heavy atom. The molecule has 0 bridgehead atoms. The lowest BCUT2D eigenvalue weighted by atomic mass is 10.1. The molecule has 188 valence electrons. The molecule has 0 aliphatic carbocycles. The number of carbonyl (C=O) groups excluding carboxylic acids is 4. The van der Waals surface area contributed by atoms with Crippen molar-refractivity contribution < 1.29 is 23.9 Å². The molecule has 1 unspecified atom stereocenters. The number of thiocarbonyl (C=S) groups is 1. The first-order chi connectivity index (χ1) is 17.9. The van der Waals surface area contributed by atoms with E-state index in [-0.39, 0.29) is 24.0 Å². The predicted molar refractivity (Wildman–Crippen MR) is 142 cm³/mol. The highest BCUT2D eigenvalue weighted by molar-refractivity contribution is 7.80. The van der Waals surface area contributed by atoms with Crippen LogP contribution in [-0.2, 0) is 14.3 Å². The van der Waals surface area contributed by atoms with Gasteiger partial charge in [-0.3, -0.25) is 24.7 Å². The van der Waals surface area contributed by atoms with Crippen molar-refractivity contribution in [3.8, 4) is 0 Å². The van der Waals surface area contributed by atoms with Crippen molar-refractivity contribution in [2.24, 2.45) is 0 Å². The number of nitrogens with one attached hydrogen (secondary N) is 2. The molecular formula is C27H24N4O5S. The predicted octanol–water partition coefficient (Wildman–Crippen LogP) is 3.54. The highest BCUT2D eigenvalue weighted by Crippen LogP contribution is 2.25. The molecule has 2 N–H and O–H groups in total. The Bertz CT molecular complexity index is 1320. The van der Waals surface area contributed by atoms with Crippen molar-refractivity contribution in [1.29, 1.82) is 0 Å². The number of hydrazine groups is 1. The van der Waals surface area contributed by atoms with Crippen molar-refractivity contribution >= 4 is 52.4 Å². The minimum atomic E-state index is -1.11. The standard InChI is InChI=1S/C27H24N4O5S/c1-2-36-26(35)19-13-15-20(16-14-19)28-25(34)22-17-23(32)30(21-11-7-4-8-12-21)27(37)31(22)29-24(33)18-9-5-3-6-10-18/h3-16,22H,2,17H2,1H3,(H,28,34)(H,29,33). The van der Waals surface area contributed by atoms with E-state index in [9.17, 15) is 19.2 Å². The smallest absolute Gasteiger partial charge is 0.338 e. The lowest BCUT2D eigenvalue weighted by Gasteiger charge is -2.41. The van der Waals surface area contributed by atoms with Crippen molar-refractivity contribution in [2.45, 2.75) is 19.4 Å². The van der Waals surface area contributed by atoms with Crippen LogP contribution in [0.4, 0.5) is 11.4 Å². The summed E-state index contributed by atoms with van der Waals surface area (Å²) in [5.41, 5.74) is 4.32. The molecule has 1 fully saturated rings. The zero-order valence-electron chi connectivity index (χ0n) is 19.9. The quantitative estimate of drug-likeness (QED) is 0.365. The lowest BCUT2D eigenvalue weighted by Crippen LogP contribution is -2.65. The van der Waals surface area contributed by atoms with Crippen LogP contribution in [0.2, 0.25) is 0 Å². The van der Waals surface area contributed by atoms with Crippen LogP contribution in [0.15, 0.2) is 84.9 Å². The Kier molecular flexibility index (Phi) is 7.89. The molecule has 3 aromatic rings. The number of esters is 1. The molecule has 1 aliphatic rings. The highest BCUT2D eigenvalue weighted by atomic mass is 32.1. The Balaban J connectivity index is 1.59. The minimum Gasteiger partial charge on any atom is -0.462 e. The Morgan fingerprint density at radius 2 is 1.54 bits per heavy atom. The first-order valence-electron chi connectivity index (χ1n) is 11.5. The minimum absolute atomic E-state index is 0.0375. The summed E-state index contributed by atoms with van der Waals surface area (Å²) in [6.07, 6.45) is -0.239. The molecule has 1 aliphatic heterocycles. The lowest BCUT2D eigenvalue weighted by molar-refractivity contribution is -0.127. The fourth-order valence-electron chi connectivity index (χ4n) is 3.76. The van der Waals surface area contributed by atoms with E-state index in [2.05, 4.69) is 10.7 Å². The summed E-state index contributed by atoms with van der Waals surface area (Å²) in [7, 11) is 0. The summed E-state index contributed by atoms with van der Waals surface area (Å²) in [5, 5.41) is 3.93. The second-order valence-corrected chi connectivity index (χ2v) is 8.40. The fourth-order valence-corrected chi connectivity index (χ4v) is 4.14. The zero-order valence-corrected chi connectivity index (χ0v) is 20.7. The van der Waals surface area contributed by atoms with Gasteiger partial charge in [-0.2, -0.15) is 0 Å². The van der Waals surface area contributed by atoms with Crippen molar-refractivity contribution in [3.05, 3.63) is 96.1 Å². The van der Waals surface area contributed by atoms with Crippen LogP contribution in [0.25, 0.3) is 0 Å². The molecule has 0 saturated carbocycles. The first-order valence-corrected chi connectivity index (χ1v) is 11.9. The van der Waals surface area contributed by atoms with Crippen molar-refractivity contribution in [3.63, 3.8) is 0 Å². The number of hydrogen-bond donors (Lipinski definition) is 2. The van der Waals surface area contributed by atoms with Gasteiger partial charge in [0.25, 0.3) is 5.91 Å². The normalized spacial score (nSPS) is 15.2. The van der Waals surface area contributed by atoms with Gasteiger partial charge >= 0.3 is 5.97 Å². The van der Waals surface area contributed by atoms with Gasteiger partial charge in [0.1, 0.15) is 6.04 Å². The van der Waals surface area contributed by atoms with Crippen LogP contribution in [0.3, 0.4) is 0 Å². The molecule has 4 rings (SSSR count). The van der Waals surface area contributed by atoms with E-state index < -0.39 is 23.8 Å². The summed E-state index contributed by atoms with van der Waals surface area (Å²) in [6, 6.07) is 22.3. The summed E-state index contributed by atoms with van der Waals surface area (Å²) in [5.74, 6) is -1.90. The van der Waals surface area contributed by atoms with Crippen LogP contribution in [-0.4, -0.2) is 46.5 Å². The average Bonchev–Trinajstić information content (AvgIpc) is 2.91. The van der Waals surface area contributed by atoms with Gasteiger partial charge in [0, 0.05) is 11.3 Å². The van der Waals surface area contributed by atoms with E-state index in [1.54, 1.807) is 79.7 Å². The molecule has 1 heterocycles. The molecule has 10 heteroatoms. The third-order valence-electron chi connectivity index (χ3n) is 5.57. The van der Waals surface area contributed by atoms with E-state index in [1.807, 2.05) is 0 Å². The monoisotopic (exact) mass is 516 g/mol. The molecule has 9 nitrogen and oxygen atoms in total. The van der Waals surface area contributed by atoms with E-state index >= 15 is 0 Å². The molecule has 0 aromatic heterocycles. The molecule has 3 aromatic carbocycles. The van der Waals surface area contributed by atoms with Gasteiger partial charge in [0.2, 0.25) is 16.9 Å². The molecule has 1 saturated heterocycles. The number of benzene rings is 3. The van der Waals surface area contributed by atoms with Gasteiger partial charge in [-0.05, 0) is 67.7 Å². The summed E-state index contributed by atoms with van der Waals surface area (Å²) >= 11 is 5.59. The van der Waals surface area contributed by atoms with Crippen LogP contribution in [0, 0.1) is 0 Å². The largest absolute Gasteiger partial charge is 0.462 e. The number of anilines is 2. The maximum absolute atomic E-state index is 13.3. The second-order valence-electron chi connectivity index (χ2n) is 8.03. The van der Waals surface area contributed by atoms with E-state index in [0.717, 1.165) is 0 Å². The maximum Gasteiger partial charge on any atom is 0.338 e. The molecular weight excluding hydrogens is 492 g/mol. The number of ether oxygens (including phenoxy) is 1. The van der Waals surface area contributed by atoms with Crippen LogP contribution in [0.1, 0.15) is 34.1 Å². The third kappa shape index (κ3) is 5.81. The number of para-hydroxylation sites is 1. The summed E-state index contributed by atoms with van der Waals surface area (Å²) < 4.78 is 4.97. The van der Waals surface area contributed by atoms with Gasteiger partial charge < -0.3 is 10.1 Å². The molecule has 3 amide bonds. The first kappa shape index (κ1) is 25.5. The molecule has 0 radical (unpaired) electrons. The van der Waals surface area contributed by atoms with Gasteiger partial charge in [-0.25, -0.2) is 9.80 Å². The third-order valence-corrected chi connectivity index (χ3v) is 5.94. The van der Waals surface area contributed by atoms with Gasteiger partial charge in [-0.15, -0.1) is 0 Å². The number of rotatable bonds is 7. The number of carbonyl (C=O) groups is 4.